The molecule has 198 valence electrons. The minimum absolute atomic E-state index is 0.00520. The molecular formula is C30H47NO3Si2. The summed E-state index contributed by atoms with van der Waals surface area (Å²) < 4.78 is 13.3. The van der Waals surface area contributed by atoms with Crippen LogP contribution in [-0.4, -0.2) is 30.4 Å². The summed E-state index contributed by atoms with van der Waals surface area (Å²) in [6, 6.07) is 14.6. The highest BCUT2D eigenvalue weighted by molar-refractivity contribution is 6.48. The van der Waals surface area contributed by atoms with Crippen LogP contribution in [0.15, 0.2) is 42.5 Å². The molecule has 2 aromatic carbocycles. The average molecular weight is 526 g/mol. The highest BCUT2D eigenvalue weighted by atomic mass is 28.3. The number of rotatable bonds is 11. The molecule has 2 rings (SSSR count). The van der Waals surface area contributed by atoms with Crippen LogP contribution < -0.4 is 5.32 Å². The summed E-state index contributed by atoms with van der Waals surface area (Å²) in [6.45, 7) is 24.8. The van der Waals surface area contributed by atoms with E-state index in [4.69, 9.17) is 8.85 Å². The summed E-state index contributed by atoms with van der Waals surface area (Å²) in [5.74, 6) is 0.0825. The Morgan fingerprint density at radius 1 is 0.833 bits per heavy atom. The molecule has 0 aliphatic rings. The molecule has 6 heteroatoms. The van der Waals surface area contributed by atoms with Crippen molar-refractivity contribution >= 4 is 29.6 Å². The maximum Gasteiger partial charge on any atom is 0.205 e. The molecule has 0 bridgehead atoms. The summed E-state index contributed by atoms with van der Waals surface area (Å²) in [4.78, 5) is 11.7. The van der Waals surface area contributed by atoms with E-state index in [9.17, 15) is 4.79 Å². The van der Waals surface area contributed by atoms with Crippen molar-refractivity contribution in [3.63, 3.8) is 0 Å². The van der Waals surface area contributed by atoms with Crippen molar-refractivity contribution in [3.05, 3.63) is 64.7 Å². The van der Waals surface area contributed by atoms with E-state index in [0.29, 0.717) is 0 Å². The monoisotopic (exact) mass is 525 g/mol. The van der Waals surface area contributed by atoms with Crippen molar-refractivity contribution in [2.24, 2.45) is 10.8 Å². The molecular weight excluding hydrogens is 479 g/mol. The van der Waals surface area contributed by atoms with Crippen molar-refractivity contribution in [1.82, 2.24) is 0 Å². The molecule has 1 N–H and O–H groups in total. The molecule has 4 nitrogen and oxygen atoms in total. The topological polar surface area (TPSA) is 47.6 Å². The van der Waals surface area contributed by atoms with Gasteiger partial charge in [-0.25, -0.2) is 0 Å². The zero-order valence-electron chi connectivity index (χ0n) is 24.3. The first kappa shape index (κ1) is 30.5. The van der Waals surface area contributed by atoms with Crippen LogP contribution in [0.3, 0.4) is 0 Å². The Hall–Kier alpha value is -1.74. The number of hydrogen-bond acceptors (Lipinski definition) is 4. The van der Waals surface area contributed by atoms with E-state index in [1.165, 1.54) is 16.7 Å². The predicted octanol–water partition coefficient (Wildman–Crippen LogP) is 8.25. The molecule has 2 radical (unpaired) electrons. The SMILES string of the molecule is CC(=O)c1cccc(NCCc2ccc(C(O[Si](C)C)C(C)(C)C)c(C(O[Si](C)C)C(C)(C)C)c2)c1. The lowest BCUT2D eigenvalue weighted by Gasteiger charge is -2.39. The van der Waals surface area contributed by atoms with Gasteiger partial charge in [0.15, 0.2) is 5.78 Å². The first-order valence-corrected chi connectivity index (χ1v) is 17.8. The quantitative estimate of drug-likeness (QED) is 0.237. The van der Waals surface area contributed by atoms with Crippen molar-refractivity contribution in [2.45, 2.75) is 93.3 Å². The number of anilines is 1. The van der Waals surface area contributed by atoms with Gasteiger partial charge in [-0.2, -0.15) is 0 Å². The Kier molecular flexibility index (Phi) is 10.7. The number of Topliss-reactive ketones (excluding diaryl/α,β-unsaturated/α-hetero) is 1. The van der Waals surface area contributed by atoms with E-state index in [-0.39, 0.29) is 28.8 Å². The number of ketones is 1. The fourth-order valence-electron chi connectivity index (χ4n) is 4.33. The lowest BCUT2D eigenvalue weighted by atomic mass is 9.77. The van der Waals surface area contributed by atoms with Crippen LogP contribution in [-0.2, 0) is 15.3 Å². The molecule has 0 aromatic heterocycles. The standard InChI is InChI=1S/C30H47NO3Si2/c1-21(32)23-13-12-14-24(20-23)31-18-17-22-15-16-25(27(29(2,3)4)33-35(8)9)26(19-22)28(30(5,6)7)34-36(10)11/h12-16,19-20,27-28,31H,17-18H2,1-11H3. The van der Waals surface area contributed by atoms with Gasteiger partial charge in [0.25, 0.3) is 0 Å². The first-order chi connectivity index (χ1) is 16.6. The van der Waals surface area contributed by atoms with Crippen LogP contribution in [0.5, 0.6) is 0 Å². The summed E-state index contributed by atoms with van der Waals surface area (Å²) in [5.41, 5.74) is 5.41. The molecule has 0 spiro atoms. The van der Waals surface area contributed by atoms with Gasteiger partial charge in [0, 0.05) is 17.8 Å². The van der Waals surface area contributed by atoms with Crippen LogP contribution in [0, 0.1) is 10.8 Å². The van der Waals surface area contributed by atoms with Gasteiger partial charge < -0.3 is 14.2 Å². The third kappa shape index (κ3) is 8.98. The Labute approximate surface area is 223 Å². The van der Waals surface area contributed by atoms with E-state index in [1.807, 2.05) is 24.3 Å². The molecule has 0 aliphatic carbocycles. The van der Waals surface area contributed by atoms with Gasteiger partial charge >= 0.3 is 0 Å². The Bertz CT molecular complexity index is 1010. The van der Waals surface area contributed by atoms with Gasteiger partial charge in [0.2, 0.25) is 18.1 Å². The zero-order valence-corrected chi connectivity index (χ0v) is 26.3. The lowest BCUT2D eigenvalue weighted by Crippen LogP contribution is -2.31. The van der Waals surface area contributed by atoms with Crippen LogP contribution in [0.1, 0.15) is 87.7 Å². The normalized spacial score (nSPS) is 14.2. The van der Waals surface area contributed by atoms with E-state index in [0.717, 1.165) is 24.2 Å². The second-order valence-corrected chi connectivity index (χ2v) is 16.4. The molecule has 0 aliphatic heterocycles. The summed E-state index contributed by atoms with van der Waals surface area (Å²) in [6.07, 6.45) is 0.882. The molecule has 2 aromatic rings. The van der Waals surface area contributed by atoms with Crippen LogP contribution in [0.25, 0.3) is 0 Å². The van der Waals surface area contributed by atoms with E-state index in [2.05, 4.69) is 91.2 Å². The second-order valence-electron chi connectivity index (χ2n) is 12.3. The summed E-state index contributed by atoms with van der Waals surface area (Å²) >= 11 is 0. The fraction of sp³-hybridized carbons (Fsp3) is 0.567. The van der Waals surface area contributed by atoms with Crippen molar-refractivity contribution < 1.29 is 13.6 Å². The first-order valence-electron chi connectivity index (χ1n) is 13.0. The number of carbonyl (C=O) groups excluding carboxylic acids is 1. The Balaban J connectivity index is 2.44. The van der Waals surface area contributed by atoms with Crippen molar-refractivity contribution in [2.75, 3.05) is 11.9 Å². The Morgan fingerprint density at radius 3 is 1.89 bits per heavy atom. The van der Waals surface area contributed by atoms with Crippen molar-refractivity contribution in [1.29, 1.82) is 0 Å². The predicted molar refractivity (Wildman–Crippen MR) is 157 cm³/mol. The van der Waals surface area contributed by atoms with Crippen LogP contribution >= 0.6 is 0 Å². The lowest BCUT2D eigenvalue weighted by molar-refractivity contribution is 0.0655. The zero-order chi connectivity index (χ0) is 27.3. The van der Waals surface area contributed by atoms with Gasteiger partial charge in [-0.1, -0.05) is 71.9 Å². The highest BCUT2D eigenvalue weighted by Gasteiger charge is 2.36. The maximum absolute atomic E-state index is 11.7. The number of hydrogen-bond donors (Lipinski definition) is 1. The van der Waals surface area contributed by atoms with E-state index >= 15 is 0 Å². The van der Waals surface area contributed by atoms with Gasteiger partial charge in [-0.15, -0.1) is 0 Å². The van der Waals surface area contributed by atoms with E-state index in [1.54, 1.807) is 6.92 Å². The molecule has 2 unspecified atom stereocenters. The molecule has 0 amide bonds. The van der Waals surface area contributed by atoms with Gasteiger partial charge in [-0.3, -0.25) is 4.79 Å². The third-order valence-corrected chi connectivity index (χ3v) is 7.42. The molecule has 0 heterocycles. The molecule has 0 saturated carbocycles. The fourth-order valence-corrected chi connectivity index (χ4v) is 6.23. The van der Waals surface area contributed by atoms with Gasteiger partial charge in [0.05, 0.1) is 12.2 Å². The van der Waals surface area contributed by atoms with Gasteiger partial charge in [0.1, 0.15) is 0 Å². The van der Waals surface area contributed by atoms with Crippen LogP contribution in [0.4, 0.5) is 5.69 Å². The second kappa shape index (κ2) is 12.7. The van der Waals surface area contributed by atoms with E-state index < -0.39 is 18.1 Å². The molecule has 0 saturated heterocycles. The number of carbonyl (C=O) groups is 1. The Morgan fingerprint density at radius 2 is 1.39 bits per heavy atom. The van der Waals surface area contributed by atoms with Crippen LogP contribution in [0.2, 0.25) is 26.2 Å². The molecule has 36 heavy (non-hydrogen) atoms. The minimum Gasteiger partial charge on any atom is -0.410 e. The van der Waals surface area contributed by atoms with Gasteiger partial charge in [-0.05, 0) is 79.2 Å². The number of benzene rings is 2. The number of nitrogens with one attached hydrogen (secondary N) is 1. The largest absolute Gasteiger partial charge is 0.410 e. The van der Waals surface area contributed by atoms with Crippen molar-refractivity contribution in [3.8, 4) is 0 Å². The molecule has 0 fully saturated rings. The average Bonchev–Trinajstić information content (AvgIpc) is 2.74. The third-order valence-electron chi connectivity index (χ3n) is 6.01. The smallest absolute Gasteiger partial charge is 0.205 e. The molecule has 2 atom stereocenters. The summed E-state index contributed by atoms with van der Waals surface area (Å²) in [7, 11) is -1.81. The minimum atomic E-state index is -0.913. The maximum atomic E-state index is 11.7. The summed E-state index contributed by atoms with van der Waals surface area (Å²) in [5, 5.41) is 3.49. The highest BCUT2D eigenvalue weighted by Crippen LogP contribution is 2.45.